The fourth-order valence-corrected chi connectivity index (χ4v) is 1.53. The second-order valence-electron chi connectivity index (χ2n) is 3.91. The van der Waals surface area contributed by atoms with Crippen LogP contribution in [0.15, 0.2) is 48.7 Å². The first-order valence-corrected chi connectivity index (χ1v) is 5.44. The molecule has 0 radical (unpaired) electrons. The molecule has 1 heterocycles. The van der Waals surface area contributed by atoms with E-state index in [1.54, 1.807) is 6.20 Å². The average molecular weight is 213 g/mol. The van der Waals surface area contributed by atoms with Crippen molar-refractivity contribution in [3.8, 4) is 17.0 Å². The second-order valence-corrected chi connectivity index (χ2v) is 3.91. The van der Waals surface area contributed by atoms with Gasteiger partial charge in [0, 0.05) is 11.8 Å². The summed E-state index contributed by atoms with van der Waals surface area (Å²) in [7, 11) is 0. The van der Waals surface area contributed by atoms with Crippen molar-refractivity contribution in [1.29, 1.82) is 0 Å². The second kappa shape index (κ2) is 4.79. The molecule has 2 heteroatoms. The van der Waals surface area contributed by atoms with Crippen molar-refractivity contribution < 1.29 is 4.74 Å². The molecule has 0 aliphatic rings. The van der Waals surface area contributed by atoms with E-state index in [2.05, 4.69) is 4.98 Å². The Morgan fingerprint density at radius 3 is 2.62 bits per heavy atom. The Labute approximate surface area is 95.9 Å². The summed E-state index contributed by atoms with van der Waals surface area (Å²) >= 11 is 0. The van der Waals surface area contributed by atoms with Crippen molar-refractivity contribution in [2.45, 2.75) is 20.0 Å². The van der Waals surface area contributed by atoms with Crippen LogP contribution in [0.25, 0.3) is 11.3 Å². The lowest BCUT2D eigenvalue weighted by Crippen LogP contribution is -2.05. The van der Waals surface area contributed by atoms with Gasteiger partial charge in [0.25, 0.3) is 0 Å². The number of rotatable bonds is 3. The lowest BCUT2D eigenvalue weighted by molar-refractivity contribution is 0.242. The van der Waals surface area contributed by atoms with Crippen molar-refractivity contribution in [2.24, 2.45) is 0 Å². The predicted octanol–water partition coefficient (Wildman–Crippen LogP) is 3.54. The van der Waals surface area contributed by atoms with Gasteiger partial charge in [0.05, 0.1) is 11.8 Å². The Kier molecular flexibility index (Phi) is 3.20. The Morgan fingerprint density at radius 2 is 1.94 bits per heavy atom. The molecule has 0 N–H and O–H groups in total. The summed E-state index contributed by atoms with van der Waals surface area (Å²) in [5.41, 5.74) is 2.05. The van der Waals surface area contributed by atoms with Gasteiger partial charge in [0.15, 0.2) is 0 Å². The topological polar surface area (TPSA) is 22.1 Å². The van der Waals surface area contributed by atoms with E-state index in [4.69, 9.17) is 4.74 Å². The highest BCUT2D eigenvalue weighted by Gasteiger charge is 2.01. The summed E-state index contributed by atoms with van der Waals surface area (Å²) in [6.07, 6.45) is 1.99. The largest absolute Gasteiger partial charge is 0.491 e. The van der Waals surface area contributed by atoms with Crippen molar-refractivity contribution in [2.75, 3.05) is 0 Å². The molecule has 16 heavy (non-hydrogen) atoms. The Bertz CT molecular complexity index is 451. The highest BCUT2D eigenvalue weighted by molar-refractivity contribution is 5.60. The van der Waals surface area contributed by atoms with Crippen LogP contribution >= 0.6 is 0 Å². The van der Waals surface area contributed by atoms with Crippen molar-refractivity contribution in [3.63, 3.8) is 0 Å². The molecule has 0 bridgehead atoms. The molecule has 82 valence electrons. The fourth-order valence-electron chi connectivity index (χ4n) is 1.53. The molecule has 0 atom stereocenters. The zero-order valence-corrected chi connectivity index (χ0v) is 9.55. The molecule has 0 aliphatic carbocycles. The van der Waals surface area contributed by atoms with Gasteiger partial charge in [-0.05, 0) is 38.1 Å². The lowest BCUT2D eigenvalue weighted by Gasteiger charge is -2.10. The molecule has 2 rings (SSSR count). The van der Waals surface area contributed by atoms with Crippen molar-refractivity contribution in [3.05, 3.63) is 48.7 Å². The van der Waals surface area contributed by atoms with E-state index in [1.165, 1.54) is 0 Å². The summed E-state index contributed by atoms with van der Waals surface area (Å²) in [5.74, 6) is 0.887. The van der Waals surface area contributed by atoms with Crippen LogP contribution in [0.2, 0.25) is 0 Å². The van der Waals surface area contributed by atoms with Crippen LogP contribution in [0, 0.1) is 0 Å². The summed E-state index contributed by atoms with van der Waals surface area (Å²) < 4.78 is 5.65. The summed E-state index contributed by atoms with van der Waals surface area (Å²) in [6.45, 7) is 4.04. The van der Waals surface area contributed by atoms with Gasteiger partial charge in [-0.25, -0.2) is 0 Å². The molecule has 0 fully saturated rings. The third-order valence-electron chi connectivity index (χ3n) is 2.17. The molecule has 1 aromatic heterocycles. The van der Waals surface area contributed by atoms with Crippen molar-refractivity contribution in [1.82, 2.24) is 4.98 Å². The normalized spacial score (nSPS) is 10.4. The third-order valence-corrected chi connectivity index (χ3v) is 2.17. The number of aromatic nitrogens is 1. The Morgan fingerprint density at radius 1 is 1.06 bits per heavy atom. The highest BCUT2D eigenvalue weighted by Crippen LogP contribution is 2.22. The number of benzene rings is 1. The molecule has 2 nitrogen and oxygen atoms in total. The number of hydrogen-bond acceptors (Lipinski definition) is 2. The maximum absolute atomic E-state index is 5.65. The molecule has 0 aliphatic heterocycles. The fraction of sp³-hybridized carbons (Fsp3) is 0.214. The monoisotopic (exact) mass is 213 g/mol. The molecule has 0 unspecified atom stereocenters. The molecule has 0 saturated carbocycles. The van der Waals surface area contributed by atoms with Crippen LogP contribution in [0.5, 0.6) is 5.75 Å². The lowest BCUT2D eigenvalue weighted by atomic mass is 10.1. The average Bonchev–Trinajstić information content (AvgIpc) is 2.30. The Hall–Kier alpha value is -1.83. The quantitative estimate of drug-likeness (QED) is 0.778. The number of ether oxygens (including phenoxy) is 1. The van der Waals surface area contributed by atoms with Gasteiger partial charge in [0.2, 0.25) is 0 Å². The Balaban J connectivity index is 2.29. The maximum Gasteiger partial charge on any atom is 0.120 e. The third kappa shape index (κ3) is 2.60. The molecule has 1 aromatic carbocycles. The van der Waals surface area contributed by atoms with Crippen LogP contribution in [0.3, 0.4) is 0 Å². The minimum atomic E-state index is 0.194. The first-order chi connectivity index (χ1) is 7.75. The van der Waals surface area contributed by atoms with Gasteiger partial charge < -0.3 is 4.74 Å². The van der Waals surface area contributed by atoms with Crippen LogP contribution in [0.4, 0.5) is 0 Å². The van der Waals surface area contributed by atoms with E-state index in [9.17, 15) is 0 Å². The minimum absolute atomic E-state index is 0.194. The number of hydrogen-bond donors (Lipinski definition) is 0. The number of pyridine rings is 1. The molecule has 0 amide bonds. The first kappa shape index (κ1) is 10.7. The summed E-state index contributed by atoms with van der Waals surface area (Å²) in [5, 5.41) is 0. The molecular formula is C14H15NO. The molecule has 0 saturated heterocycles. The highest BCUT2D eigenvalue weighted by atomic mass is 16.5. The van der Waals surface area contributed by atoms with Crippen LogP contribution in [-0.4, -0.2) is 11.1 Å². The van der Waals surface area contributed by atoms with Gasteiger partial charge in [-0.2, -0.15) is 0 Å². The maximum atomic E-state index is 5.65. The van der Waals surface area contributed by atoms with E-state index < -0.39 is 0 Å². The van der Waals surface area contributed by atoms with E-state index in [0.717, 1.165) is 17.0 Å². The van der Waals surface area contributed by atoms with Crippen molar-refractivity contribution >= 4 is 0 Å². The van der Waals surface area contributed by atoms with Gasteiger partial charge >= 0.3 is 0 Å². The van der Waals surface area contributed by atoms with Crippen LogP contribution in [0.1, 0.15) is 13.8 Å². The smallest absolute Gasteiger partial charge is 0.120 e. The number of nitrogens with zero attached hydrogens (tertiary/aromatic N) is 1. The molecule has 0 spiro atoms. The van der Waals surface area contributed by atoms with Gasteiger partial charge in [0.1, 0.15) is 5.75 Å². The zero-order valence-electron chi connectivity index (χ0n) is 9.55. The minimum Gasteiger partial charge on any atom is -0.491 e. The van der Waals surface area contributed by atoms with Crippen LogP contribution in [-0.2, 0) is 0 Å². The molecular weight excluding hydrogens is 198 g/mol. The van der Waals surface area contributed by atoms with E-state index >= 15 is 0 Å². The predicted molar refractivity (Wildman–Crippen MR) is 65.4 cm³/mol. The van der Waals surface area contributed by atoms with Crippen LogP contribution < -0.4 is 4.74 Å². The summed E-state index contributed by atoms with van der Waals surface area (Å²) in [4.78, 5) is 4.31. The first-order valence-electron chi connectivity index (χ1n) is 5.44. The zero-order chi connectivity index (χ0) is 11.4. The van der Waals surface area contributed by atoms with Gasteiger partial charge in [-0.3, -0.25) is 4.98 Å². The van der Waals surface area contributed by atoms with Gasteiger partial charge in [-0.1, -0.05) is 18.2 Å². The van der Waals surface area contributed by atoms with E-state index in [0.29, 0.717) is 0 Å². The van der Waals surface area contributed by atoms with E-state index in [1.807, 2.05) is 56.3 Å². The SMILES string of the molecule is CC(C)Oc1cccc(-c2ccccn2)c1. The summed E-state index contributed by atoms with van der Waals surface area (Å²) in [6, 6.07) is 13.9. The molecule has 2 aromatic rings. The standard InChI is InChI=1S/C14H15NO/c1-11(2)16-13-7-5-6-12(10-13)14-8-3-4-9-15-14/h3-11H,1-2H3. The van der Waals surface area contributed by atoms with Gasteiger partial charge in [-0.15, -0.1) is 0 Å². The van der Waals surface area contributed by atoms with E-state index in [-0.39, 0.29) is 6.10 Å².